The summed E-state index contributed by atoms with van der Waals surface area (Å²) in [6.45, 7) is 6.26. The standard InChI is InChI=1S/C16H23N5O2S/c1-11(14-5-4-8-24-14)20(3)15(22)10-21-6-7-23-13(9-21)16-17-12(2)18-19-16/h4-5,8,11,13H,6-7,9-10H2,1-3H3,(H,17,18,19)/t11-,13+/m1/s1. The van der Waals surface area contributed by atoms with Crippen LogP contribution in [0.1, 0.15) is 35.6 Å². The van der Waals surface area contributed by atoms with Crippen molar-refractivity contribution >= 4 is 17.2 Å². The van der Waals surface area contributed by atoms with E-state index in [9.17, 15) is 4.79 Å². The maximum atomic E-state index is 12.6. The van der Waals surface area contributed by atoms with E-state index < -0.39 is 0 Å². The Morgan fingerprint density at radius 3 is 3.12 bits per heavy atom. The van der Waals surface area contributed by atoms with E-state index in [0.717, 1.165) is 12.4 Å². The molecule has 7 nitrogen and oxygen atoms in total. The Morgan fingerprint density at radius 1 is 1.62 bits per heavy atom. The quantitative estimate of drug-likeness (QED) is 0.890. The molecule has 1 fully saturated rings. The first kappa shape index (κ1) is 17.1. The molecule has 0 spiro atoms. The Kier molecular flexibility index (Phi) is 5.27. The van der Waals surface area contributed by atoms with Crippen LogP contribution in [-0.2, 0) is 9.53 Å². The lowest BCUT2D eigenvalue weighted by Gasteiger charge is -2.33. The van der Waals surface area contributed by atoms with Crippen molar-refractivity contribution in [1.82, 2.24) is 25.0 Å². The minimum Gasteiger partial charge on any atom is -0.367 e. The van der Waals surface area contributed by atoms with Crippen molar-refractivity contribution in [2.45, 2.75) is 26.0 Å². The molecule has 1 saturated heterocycles. The molecule has 24 heavy (non-hydrogen) atoms. The fourth-order valence-corrected chi connectivity index (χ4v) is 3.57. The van der Waals surface area contributed by atoms with E-state index in [1.54, 1.807) is 11.3 Å². The van der Waals surface area contributed by atoms with Crippen molar-refractivity contribution in [3.05, 3.63) is 34.0 Å². The average molecular weight is 349 g/mol. The first-order chi connectivity index (χ1) is 11.5. The van der Waals surface area contributed by atoms with Gasteiger partial charge in [-0.2, -0.15) is 5.10 Å². The lowest BCUT2D eigenvalue weighted by atomic mass is 10.2. The number of aryl methyl sites for hydroxylation is 1. The first-order valence-corrected chi connectivity index (χ1v) is 8.94. The third kappa shape index (κ3) is 3.82. The van der Waals surface area contributed by atoms with Crippen LogP contribution in [0.4, 0.5) is 0 Å². The highest BCUT2D eigenvalue weighted by molar-refractivity contribution is 7.10. The summed E-state index contributed by atoms with van der Waals surface area (Å²) in [5.41, 5.74) is 0. The molecule has 0 saturated carbocycles. The van der Waals surface area contributed by atoms with E-state index >= 15 is 0 Å². The fourth-order valence-electron chi connectivity index (χ4n) is 2.75. The monoisotopic (exact) mass is 349 g/mol. The minimum absolute atomic E-state index is 0.0880. The third-order valence-corrected chi connectivity index (χ3v) is 5.38. The van der Waals surface area contributed by atoms with Crippen LogP contribution in [0.15, 0.2) is 17.5 Å². The number of morpholine rings is 1. The van der Waals surface area contributed by atoms with Crippen LogP contribution >= 0.6 is 11.3 Å². The summed E-state index contributed by atoms with van der Waals surface area (Å²) in [7, 11) is 1.86. The summed E-state index contributed by atoms with van der Waals surface area (Å²) in [6.07, 6.45) is -0.184. The number of ether oxygens (including phenoxy) is 1. The number of aromatic amines is 1. The highest BCUT2D eigenvalue weighted by Crippen LogP contribution is 2.24. The van der Waals surface area contributed by atoms with E-state index in [1.807, 2.05) is 30.3 Å². The van der Waals surface area contributed by atoms with Gasteiger partial charge in [0.05, 0.1) is 19.2 Å². The van der Waals surface area contributed by atoms with E-state index in [2.05, 4.69) is 33.1 Å². The van der Waals surface area contributed by atoms with Gasteiger partial charge < -0.3 is 9.64 Å². The van der Waals surface area contributed by atoms with Crippen LogP contribution in [0.25, 0.3) is 0 Å². The largest absolute Gasteiger partial charge is 0.367 e. The van der Waals surface area contributed by atoms with Gasteiger partial charge in [-0.05, 0) is 25.3 Å². The predicted octanol–water partition coefficient (Wildman–Crippen LogP) is 1.77. The van der Waals surface area contributed by atoms with Gasteiger partial charge in [0.2, 0.25) is 5.91 Å². The van der Waals surface area contributed by atoms with Crippen molar-refractivity contribution in [1.29, 1.82) is 0 Å². The molecule has 0 radical (unpaired) electrons. The van der Waals surface area contributed by atoms with Crippen LogP contribution in [0.2, 0.25) is 0 Å². The Bertz CT molecular complexity index is 672. The second-order valence-corrected chi connectivity index (χ2v) is 7.05. The van der Waals surface area contributed by atoms with Crippen LogP contribution < -0.4 is 0 Å². The highest BCUT2D eigenvalue weighted by Gasteiger charge is 2.28. The smallest absolute Gasteiger partial charge is 0.237 e. The van der Waals surface area contributed by atoms with Crippen LogP contribution in [-0.4, -0.2) is 64.2 Å². The third-order valence-electron chi connectivity index (χ3n) is 4.34. The second kappa shape index (κ2) is 7.42. The average Bonchev–Trinajstić information content (AvgIpc) is 3.25. The van der Waals surface area contributed by atoms with Crippen molar-refractivity contribution in [3.63, 3.8) is 0 Å². The minimum atomic E-state index is -0.184. The topological polar surface area (TPSA) is 74.3 Å². The van der Waals surface area contributed by atoms with Crippen molar-refractivity contribution in [3.8, 4) is 0 Å². The number of aromatic nitrogens is 3. The molecule has 3 heterocycles. The number of nitrogens with zero attached hydrogens (tertiary/aromatic N) is 4. The molecule has 130 valence electrons. The maximum Gasteiger partial charge on any atom is 0.237 e. The Balaban J connectivity index is 1.57. The van der Waals surface area contributed by atoms with Crippen molar-refractivity contribution < 1.29 is 9.53 Å². The Labute approximate surface area is 145 Å². The predicted molar refractivity (Wildman–Crippen MR) is 91.8 cm³/mol. The van der Waals surface area contributed by atoms with Gasteiger partial charge in [0.25, 0.3) is 0 Å². The Morgan fingerprint density at radius 2 is 2.46 bits per heavy atom. The van der Waals surface area contributed by atoms with E-state index in [-0.39, 0.29) is 18.1 Å². The molecule has 2 atom stereocenters. The summed E-state index contributed by atoms with van der Waals surface area (Å²) in [4.78, 5) is 22.1. The zero-order valence-electron chi connectivity index (χ0n) is 14.2. The van der Waals surface area contributed by atoms with E-state index in [0.29, 0.717) is 25.5 Å². The molecule has 2 aromatic heterocycles. The van der Waals surface area contributed by atoms with Gasteiger partial charge in [0, 0.05) is 25.0 Å². The lowest BCUT2D eigenvalue weighted by molar-refractivity contribution is -0.135. The van der Waals surface area contributed by atoms with Gasteiger partial charge in [-0.1, -0.05) is 6.07 Å². The summed E-state index contributed by atoms with van der Waals surface area (Å²) in [5, 5.41) is 9.04. The molecule has 1 aliphatic rings. The maximum absolute atomic E-state index is 12.6. The van der Waals surface area contributed by atoms with E-state index in [1.165, 1.54) is 4.88 Å². The molecule has 2 aromatic rings. The molecule has 0 unspecified atom stereocenters. The molecule has 0 bridgehead atoms. The number of hydrogen-bond donors (Lipinski definition) is 1. The van der Waals surface area contributed by atoms with Gasteiger partial charge in [0.15, 0.2) is 5.82 Å². The summed E-state index contributed by atoms with van der Waals surface area (Å²) in [6, 6.07) is 4.17. The number of carbonyl (C=O) groups is 1. The molecule has 0 aliphatic carbocycles. The molecule has 1 N–H and O–H groups in total. The number of rotatable bonds is 5. The molecular formula is C16H23N5O2S. The van der Waals surface area contributed by atoms with Crippen LogP contribution in [0, 0.1) is 6.92 Å². The Hall–Kier alpha value is -1.77. The van der Waals surface area contributed by atoms with Crippen LogP contribution in [0.3, 0.4) is 0 Å². The molecule has 0 aromatic carbocycles. The van der Waals surface area contributed by atoms with E-state index in [4.69, 9.17) is 4.74 Å². The summed E-state index contributed by atoms with van der Waals surface area (Å²) < 4.78 is 5.75. The van der Waals surface area contributed by atoms with Gasteiger partial charge in [0.1, 0.15) is 11.9 Å². The summed E-state index contributed by atoms with van der Waals surface area (Å²) in [5.74, 6) is 1.54. The zero-order valence-corrected chi connectivity index (χ0v) is 15.0. The fraction of sp³-hybridized carbons (Fsp3) is 0.562. The number of hydrogen-bond acceptors (Lipinski definition) is 6. The lowest BCUT2D eigenvalue weighted by Crippen LogP contribution is -2.45. The van der Waals surface area contributed by atoms with Gasteiger partial charge in [-0.25, -0.2) is 4.98 Å². The number of carbonyl (C=O) groups excluding carboxylic acids is 1. The molecule has 1 aliphatic heterocycles. The second-order valence-electron chi connectivity index (χ2n) is 6.07. The molecule has 3 rings (SSSR count). The SMILES string of the molecule is Cc1nc([C@@H]2CN(CC(=O)N(C)[C@H](C)c3cccs3)CCO2)n[nH]1. The molecule has 8 heteroatoms. The number of nitrogens with one attached hydrogen (secondary N) is 1. The number of thiophene rings is 1. The number of H-pyrrole nitrogens is 1. The summed E-state index contributed by atoms with van der Waals surface area (Å²) >= 11 is 1.68. The number of likely N-dealkylation sites (N-methyl/N-ethyl adjacent to an activating group) is 1. The van der Waals surface area contributed by atoms with Gasteiger partial charge in [-0.3, -0.25) is 14.8 Å². The number of amides is 1. The van der Waals surface area contributed by atoms with Crippen molar-refractivity contribution in [2.24, 2.45) is 0 Å². The highest BCUT2D eigenvalue weighted by atomic mass is 32.1. The van der Waals surface area contributed by atoms with Gasteiger partial charge >= 0.3 is 0 Å². The van der Waals surface area contributed by atoms with Crippen LogP contribution in [0.5, 0.6) is 0 Å². The first-order valence-electron chi connectivity index (χ1n) is 8.06. The molecular weight excluding hydrogens is 326 g/mol. The van der Waals surface area contributed by atoms with Gasteiger partial charge in [-0.15, -0.1) is 11.3 Å². The molecule has 1 amide bonds. The normalized spacial score (nSPS) is 20.0. The zero-order chi connectivity index (χ0) is 17.1. The van der Waals surface area contributed by atoms with Crippen molar-refractivity contribution in [2.75, 3.05) is 33.3 Å².